The van der Waals surface area contributed by atoms with E-state index in [9.17, 15) is 0 Å². The molecule has 21 heavy (non-hydrogen) atoms. The second-order valence-corrected chi connectivity index (χ2v) is 5.56. The fourth-order valence-electron chi connectivity index (χ4n) is 2.69. The molecule has 1 atom stereocenters. The van der Waals surface area contributed by atoms with Gasteiger partial charge in [-0.25, -0.2) is 9.50 Å². The van der Waals surface area contributed by atoms with Crippen LogP contribution in [0.1, 0.15) is 43.8 Å². The van der Waals surface area contributed by atoms with E-state index >= 15 is 0 Å². The Hall–Kier alpha value is -1.46. The first-order valence-electron chi connectivity index (χ1n) is 7.84. The Morgan fingerprint density at radius 1 is 1.29 bits per heavy atom. The second kappa shape index (κ2) is 7.00. The second-order valence-electron chi connectivity index (χ2n) is 5.56. The summed E-state index contributed by atoms with van der Waals surface area (Å²) in [6.07, 6.45) is 1.97. The molecule has 0 amide bonds. The number of aromatic nitrogens is 3. The zero-order chi connectivity index (χ0) is 15.4. The highest BCUT2D eigenvalue weighted by molar-refractivity contribution is 5.42. The normalized spacial score (nSPS) is 13.2. The van der Waals surface area contributed by atoms with Gasteiger partial charge in [0.25, 0.3) is 0 Å². The van der Waals surface area contributed by atoms with E-state index in [4.69, 9.17) is 0 Å². The van der Waals surface area contributed by atoms with Crippen molar-refractivity contribution in [1.82, 2.24) is 24.8 Å². The lowest BCUT2D eigenvalue weighted by Crippen LogP contribution is -2.33. The van der Waals surface area contributed by atoms with Gasteiger partial charge >= 0.3 is 0 Å². The van der Waals surface area contributed by atoms with Crippen LogP contribution in [0.2, 0.25) is 0 Å². The summed E-state index contributed by atoms with van der Waals surface area (Å²) < 4.78 is 1.94. The first kappa shape index (κ1) is 15.9. The van der Waals surface area contributed by atoms with Crippen LogP contribution >= 0.6 is 0 Å². The number of rotatable bonds is 7. The van der Waals surface area contributed by atoms with E-state index in [0.717, 1.165) is 43.2 Å². The van der Waals surface area contributed by atoms with E-state index in [1.165, 1.54) is 5.56 Å². The topological polar surface area (TPSA) is 45.5 Å². The lowest BCUT2D eigenvalue weighted by atomic mass is 10.1. The van der Waals surface area contributed by atoms with Crippen LogP contribution in [-0.4, -0.2) is 45.7 Å². The lowest BCUT2D eigenvalue weighted by Gasteiger charge is -2.21. The minimum absolute atomic E-state index is 0.280. The number of nitrogens with zero attached hydrogens (tertiary/aromatic N) is 4. The van der Waals surface area contributed by atoms with Crippen LogP contribution < -0.4 is 5.32 Å². The summed E-state index contributed by atoms with van der Waals surface area (Å²) >= 11 is 0. The Labute approximate surface area is 127 Å². The van der Waals surface area contributed by atoms with Crippen LogP contribution in [0.4, 0.5) is 0 Å². The average Bonchev–Trinajstić information content (AvgIpc) is 2.85. The standard InChI is InChI=1S/C16H27N5/c1-6-20(7-2)9-8-17-13(4)15-11-18-16-10-12(3)19-21(16)14(15)5/h10-11,13,17H,6-9H2,1-5H3. The van der Waals surface area contributed by atoms with Crippen LogP contribution in [0.25, 0.3) is 5.65 Å². The number of hydrogen-bond acceptors (Lipinski definition) is 4. The lowest BCUT2D eigenvalue weighted by molar-refractivity contribution is 0.297. The largest absolute Gasteiger partial charge is 0.309 e. The van der Waals surface area contributed by atoms with E-state index in [1.807, 2.05) is 23.7 Å². The Morgan fingerprint density at radius 2 is 2.00 bits per heavy atom. The highest BCUT2D eigenvalue weighted by atomic mass is 15.3. The third-order valence-electron chi connectivity index (χ3n) is 4.12. The SMILES string of the molecule is CCN(CC)CCNC(C)c1cnc2cc(C)nn2c1C. The third-order valence-corrected chi connectivity index (χ3v) is 4.12. The number of fused-ring (bicyclic) bond motifs is 1. The zero-order valence-electron chi connectivity index (χ0n) is 13.8. The van der Waals surface area contributed by atoms with Crippen molar-refractivity contribution in [3.8, 4) is 0 Å². The van der Waals surface area contributed by atoms with Gasteiger partial charge in [-0.1, -0.05) is 13.8 Å². The summed E-state index contributed by atoms with van der Waals surface area (Å²) in [5.74, 6) is 0. The first-order chi connectivity index (χ1) is 10.1. The molecule has 0 saturated carbocycles. The number of hydrogen-bond donors (Lipinski definition) is 1. The van der Waals surface area contributed by atoms with Gasteiger partial charge in [-0.15, -0.1) is 0 Å². The molecule has 2 aromatic heterocycles. The Bertz CT molecular complexity index is 586. The van der Waals surface area contributed by atoms with Crippen molar-refractivity contribution in [3.63, 3.8) is 0 Å². The molecule has 0 saturated heterocycles. The van der Waals surface area contributed by atoms with Gasteiger partial charge in [-0.2, -0.15) is 5.10 Å². The fourth-order valence-corrected chi connectivity index (χ4v) is 2.69. The van der Waals surface area contributed by atoms with Crippen molar-refractivity contribution < 1.29 is 0 Å². The van der Waals surface area contributed by atoms with Crippen LogP contribution in [0.15, 0.2) is 12.3 Å². The molecule has 1 unspecified atom stereocenters. The van der Waals surface area contributed by atoms with Gasteiger partial charge in [-0.3, -0.25) is 0 Å². The molecule has 116 valence electrons. The maximum absolute atomic E-state index is 4.51. The quantitative estimate of drug-likeness (QED) is 0.850. The summed E-state index contributed by atoms with van der Waals surface area (Å²) in [6, 6.07) is 2.29. The highest BCUT2D eigenvalue weighted by Crippen LogP contribution is 2.17. The summed E-state index contributed by atoms with van der Waals surface area (Å²) in [7, 11) is 0. The minimum Gasteiger partial charge on any atom is -0.309 e. The van der Waals surface area contributed by atoms with E-state index in [0.29, 0.717) is 0 Å². The smallest absolute Gasteiger partial charge is 0.155 e. The van der Waals surface area contributed by atoms with E-state index in [2.05, 4.69) is 48.0 Å². The summed E-state index contributed by atoms with van der Waals surface area (Å²) in [4.78, 5) is 6.93. The van der Waals surface area contributed by atoms with Crippen molar-refractivity contribution in [3.05, 3.63) is 29.2 Å². The maximum Gasteiger partial charge on any atom is 0.155 e. The van der Waals surface area contributed by atoms with Crippen LogP contribution in [0.3, 0.4) is 0 Å². The minimum atomic E-state index is 0.280. The molecule has 2 heterocycles. The van der Waals surface area contributed by atoms with Gasteiger partial charge < -0.3 is 10.2 Å². The molecule has 0 aliphatic rings. The predicted molar refractivity (Wildman–Crippen MR) is 86.7 cm³/mol. The summed E-state index contributed by atoms with van der Waals surface area (Å²) in [6.45, 7) is 15.0. The van der Waals surface area contributed by atoms with Crippen molar-refractivity contribution in [2.24, 2.45) is 0 Å². The van der Waals surface area contributed by atoms with Gasteiger partial charge in [0.05, 0.1) is 5.69 Å². The monoisotopic (exact) mass is 289 g/mol. The first-order valence-corrected chi connectivity index (χ1v) is 7.84. The zero-order valence-corrected chi connectivity index (χ0v) is 13.8. The molecule has 5 nitrogen and oxygen atoms in total. The predicted octanol–water partition coefficient (Wildman–Crippen LogP) is 2.34. The molecule has 5 heteroatoms. The van der Waals surface area contributed by atoms with Crippen LogP contribution in [0, 0.1) is 13.8 Å². The highest BCUT2D eigenvalue weighted by Gasteiger charge is 2.12. The number of aryl methyl sites for hydroxylation is 2. The number of nitrogens with one attached hydrogen (secondary N) is 1. The molecule has 0 radical (unpaired) electrons. The average molecular weight is 289 g/mol. The van der Waals surface area contributed by atoms with Crippen molar-refractivity contribution in [2.45, 2.75) is 40.7 Å². The molecule has 2 rings (SSSR count). The van der Waals surface area contributed by atoms with Gasteiger partial charge in [0, 0.05) is 42.7 Å². The van der Waals surface area contributed by atoms with Gasteiger partial charge in [-0.05, 0) is 33.9 Å². The molecule has 0 fully saturated rings. The Balaban J connectivity index is 2.05. The van der Waals surface area contributed by atoms with Crippen LogP contribution in [0.5, 0.6) is 0 Å². The van der Waals surface area contributed by atoms with Gasteiger partial charge in [0.15, 0.2) is 5.65 Å². The molecule has 0 aliphatic carbocycles. The molecule has 0 aromatic carbocycles. The maximum atomic E-state index is 4.51. The van der Waals surface area contributed by atoms with E-state index in [1.54, 1.807) is 0 Å². The molecule has 2 aromatic rings. The Morgan fingerprint density at radius 3 is 2.67 bits per heavy atom. The van der Waals surface area contributed by atoms with Crippen LogP contribution in [-0.2, 0) is 0 Å². The van der Waals surface area contributed by atoms with Crippen molar-refractivity contribution in [1.29, 1.82) is 0 Å². The molecule has 0 bridgehead atoms. The fraction of sp³-hybridized carbons (Fsp3) is 0.625. The van der Waals surface area contributed by atoms with Gasteiger partial charge in [0.1, 0.15) is 0 Å². The summed E-state index contributed by atoms with van der Waals surface area (Å²) in [5, 5.41) is 8.10. The van der Waals surface area contributed by atoms with Crippen molar-refractivity contribution >= 4 is 5.65 Å². The van der Waals surface area contributed by atoms with Gasteiger partial charge in [0.2, 0.25) is 0 Å². The third kappa shape index (κ3) is 3.60. The molecular formula is C16H27N5. The molecule has 0 aliphatic heterocycles. The van der Waals surface area contributed by atoms with E-state index in [-0.39, 0.29) is 6.04 Å². The molecule has 0 spiro atoms. The van der Waals surface area contributed by atoms with Crippen molar-refractivity contribution in [2.75, 3.05) is 26.2 Å². The molecule has 1 N–H and O–H groups in total. The summed E-state index contributed by atoms with van der Waals surface area (Å²) in [5.41, 5.74) is 4.30. The van der Waals surface area contributed by atoms with E-state index < -0.39 is 0 Å². The molecular weight excluding hydrogens is 262 g/mol. The Kier molecular flexibility index (Phi) is 5.31. The number of likely N-dealkylation sites (N-methyl/N-ethyl adjacent to an activating group) is 1.